The summed E-state index contributed by atoms with van der Waals surface area (Å²) in [6.45, 7) is 10.1. The van der Waals surface area contributed by atoms with E-state index in [0.717, 1.165) is 65.3 Å². The molecule has 2 saturated heterocycles. The Morgan fingerprint density at radius 1 is 1.11 bits per heavy atom. The molecular formula is C21H29ClN4O. The molecule has 4 rings (SSSR count). The van der Waals surface area contributed by atoms with Crippen LogP contribution in [0.4, 0.5) is 0 Å². The lowest BCUT2D eigenvalue weighted by Gasteiger charge is -2.40. The fourth-order valence-corrected chi connectivity index (χ4v) is 4.58. The zero-order valence-electron chi connectivity index (χ0n) is 16.1. The highest BCUT2D eigenvalue weighted by Gasteiger charge is 2.42. The van der Waals surface area contributed by atoms with Crippen molar-refractivity contribution in [2.24, 2.45) is 0 Å². The largest absolute Gasteiger partial charge is 0.371 e. The highest BCUT2D eigenvalue weighted by Crippen LogP contribution is 2.30. The SMILES string of the molecule is CCc1ccccc1CN1CCC2(CN(CCn3cc(Cl)cn3)CCO2)C1. The molecule has 1 atom stereocenters. The van der Waals surface area contributed by atoms with E-state index in [9.17, 15) is 0 Å². The fourth-order valence-electron chi connectivity index (χ4n) is 4.43. The van der Waals surface area contributed by atoms with Crippen molar-refractivity contribution >= 4 is 11.6 Å². The van der Waals surface area contributed by atoms with E-state index in [0.29, 0.717) is 5.02 Å². The van der Waals surface area contributed by atoms with Gasteiger partial charge in [-0.15, -0.1) is 0 Å². The maximum atomic E-state index is 6.31. The first kappa shape index (κ1) is 18.9. The molecule has 0 amide bonds. The maximum absolute atomic E-state index is 6.31. The molecule has 2 aromatic rings. The van der Waals surface area contributed by atoms with Crippen molar-refractivity contribution in [2.45, 2.75) is 38.5 Å². The molecule has 2 fully saturated rings. The Morgan fingerprint density at radius 3 is 2.70 bits per heavy atom. The van der Waals surface area contributed by atoms with Crippen molar-refractivity contribution in [3.05, 3.63) is 52.8 Å². The molecule has 0 radical (unpaired) electrons. The lowest BCUT2D eigenvalue weighted by molar-refractivity contribution is -0.102. The predicted molar refractivity (Wildman–Crippen MR) is 108 cm³/mol. The number of hydrogen-bond acceptors (Lipinski definition) is 4. The van der Waals surface area contributed by atoms with Crippen LogP contribution in [-0.2, 0) is 24.2 Å². The molecule has 2 aliphatic heterocycles. The van der Waals surface area contributed by atoms with Gasteiger partial charge < -0.3 is 4.74 Å². The third-order valence-electron chi connectivity index (χ3n) is 5.86. The van der Waals surface area contributed by atoms with Crippen molar-refractivity contribution < 1.29 is 4.74 Å². The number of likely N-dealkylation sites (tertiary alicyclic amines) is 1. The molecule has 1 unspecified atom stereocenters. The van der Waals surface area contributed by atoms with Gasteiger partial charge in [0.1, 0.15) is 0 Å². The first-order valence-corrected chi connectivity index (χ1v) is 10.4. The minimum Gasteiger partial charge on any atom is -0.371 e. The Labute approximate surface area is 166 Å². The van der Waals surface area contributed by atoms with Crippen LogP contribution in [0.1, 0.15) is 24.5 Å². The van der Waals surface area contributed by atoms with Gasteiger partial charge in [0.2, 0.25) is 0 Å². The summed E-state index contributed by atoms with van der Waals surface area (Å²) in [6, 6.07) is 8.82. The van der Waals surface area contributed by atoms with Gasteiger partial charge >= 0.3 is 0 Å². The second-order valence-electron chi connectivity index (χ2n) is 7.81. The standard InChI is InChI=1S/C21H29ClN4O/c1-2-18-5-3-4-6-19(18)14-25-8-7-21(17-25)16-24(11-12-27-21)9-10-26-15-20(22)13-23-26/h3-6,13,15H,2,7-12,14,16-17H2,1H3. The van der Waals surface area contributed by atoms with E-state index in [1.54, 1.807) is 6.20 Å². The third-order valence-corrected chi connectivity index (χ3v) is 6.06. The smallest absolute Gasteiger partial charge is 0.0947 e. The van der Waals surface area contributed by atoms with E-state index in [4.69, 9.17) is 16.3 Å². The quantitative estimate of drug-likeness (QED) is 0.761. The Bertz CT molecular complexity index is 764. The van der Waals surface area contributed by atoms with Crippen LogP contribution in [-0.4, -0.2) is 64.5 Å². The van der Waals surface area contributed by atoms with Crippen LogP contribution in [0.25, 0.3) is 0 Å². The fraction of sp³-hybridized carbons (Fsp3) is 0.571. The number of ether oxygens (including phenoxy) is 1. The zero-order valence-corrected chi connectivity index (χ0v) is 16.9. The maximum Gasteiger partial charge on any atom is 0.0947 e. The van der Waals surface area contributed by atoms with Crippen LogP contribution < -0.4 is 0 Å². The molecule has 1 aromatic carbocycles. The Balaban J connectivity index is 1.33. The highest BCUT2D eigenvalue weighted by molar-refractivity contribution is 6.30. The highest BCUT2D eigenvalue weighted by atomic mass is 35.5. The van der Waals surface area contributed by atoms with E-state index >= 15 is 0 Å². The molecule has 0 bridgehead atoms. The van der Waals surface area contributed by atoms with Gasteiger partial charge in [0, 0.05) is 45.5 Å². The monoisotopic (exact) mass is 388 g/mol. The van der Waals surface area contributed by atoms with E-state index in [1.165, 1.54) is 11.1 Å². The summed E-state index contributed by atoms with van der Waals surface area (Å²) in [7, 11) is 0. The topological polar surface area (TPSA) is 33.5 Å². The first-order valence-electron chi connectivity index (χ1n) is 9.99. The average molecular weight is 389 g/mol. The van der Waals surface area contributed by atoms with E-state index in [1.807, 2.05) is 10.9 Å². The van der Waals surface area contributed by atoms with Crippen LogP contribution in [0.3, 0.4) is 0 Å². The van der Waals surface area contributed by atoms with Gasteiger partial charge in [0.25, 0.3) is 0 Å². The summed E-state index contributed by atoms with van der Waals surface area (Å²) < 4.78 is 8.23. The average Bonchev–Trinajstić information content (AvgIpc) is 3.27. The summed E-state index contributed by atoms with van der Waals surface area (Å²) in [5.41, 5.74) is 2.91. The molecule has 1 aromatic heterocycles. The van der Waals surface area contributed by atoms with Crippen molar-refractivity contribution in [3.8, 4) is 0 Å². The van der Waals surface area contributed by atoms with E-state index in [2.05, 4.69) is 46.1 Å². The summed E-state index contributed by atoms with van der Waals surface area (Å²) in [6.07, 6.45) is 5.80. The normalized spacial score (nSPS) is 24.1. The molecular weight excluding hydrogens is 360 g/mol. The van der Waals surface area contributed by atoms with Gasteiger partial charge in [-0.1, -0.05) is 42.8 Å². The Morgan fingerprint density at radius 2 is 1.93 bits per heavy atom. The van der Waals surface area contributed by atoms with E-state index < -0.39 is 0 Å². The van der Waals surface area contributed by atoms with Gasteiger partial charge in [-0.25, -0.2) is 0 Å². The molecule has 5 nitrogen and oxygen atoms in total. The van der Waals surface area contributed by atoms with Crippen molar-refractivity contribution in [2.75, 3.05) is 39.3 Å². The molecule has 0 aliphatic carbocycles. The number of halogens is 1. The van der Waals surface area contributed by atoms with Gasteiger partial charge in [-0.05, 0) is 24.0 Å². The Hall–Kier alpha value is -1.40. The predicted octanol–water partition coefficient (Wildman–Crippen LogP) is 3.08. The number of benzene rings is 1. The van der Waals surface area contributed by atoms with Crippen molar-refractivity contribution in [1.29, 1.82) is 0 Å². The second kappa shape index (κ2) is 8.31. The molecule has 0 N–H and O–H groups in total. The van der Waals surface area contributed by atoms with Crippen LogP contribution in [0.5, 0.6) is 0 Å². The number of aryl methyl sites for hydroxylation is 1. The van der Waals surface area contributed by atoms with Gasteiger partial charge in [-0.3, -0.25) is 14.5 Å². The second-order valence-corrected chi connectivity index (χ2v) is 8.25. The minimum absolute atomic E-state index is 0.0127. The molecule has 1 spiro atoms. The lowest BCUT2D eigenvalue weighted by Crippen LogP contribution is -2.53. The number of hydrogen-bond donors (Lipinski definition) is 0. The molecule has 2 aliphatic rings. The third kappa shape index (κ3) is 4.54. The molecule has 27 heavy (non-hydrogen) atoms. The van der Waals surface area contributed by atoms with Crippen LogP contribution in [0, 0.1) is 0 Å². The molecule has 146 valence electrons. The number of rotatable bonds is 6. The van der Waals surface area contributed by atoms with Gasteiger partial charge in [0.05, 0.1) is 30.0 Å². The summed E-state index contributed by atoms with van der Waals surface area (Å²) in [5.74, 6) is 0. The number of morpholine rings is 1. The van der Waals surface area contributed by atoms with Crippen molar-refractivity contribution in [3.63, 3.8) is 0 Å². The van der Waals surface area contributed by atoms with Crippen LogP contribution in [0.2, 0.25) is 5.02 Å². The van der Waals surface area contributed by atoms with Crippen LogP contribution in [0.15, 0.2) is 36.7 Å². The Kier molecular flexibility index (Phi) is 5.83. The van der Waals surface area contributed by atoms with Crippen molar-refractivity contribution in [1.82, 2.24) is 19.6 Å². The lowest BCUT2D eigenvalue weighted by atomic mass is 10.0. The zero-order chi connectivity index (χ0) is 18.7. The molecule has 0 saturated carbocycles. The molecule has 6 heteroatoms. The van der Waals surface area contributed by atoms with Crippen LogP contribution >= 0.6 is 11.6 Å². The van der Waals surface area contributed by atoms with Gasteiger partial charge in [0.15, 0.2) is 0 Å². The molecule has 3 heterocycles. The number of aromatic nitrogens is 2. The van der Waals surface area contributed by atoms with E-state index in [-0.39, 0.29) is 5.60 Å². The van der Waals surface area contributed by atoms with Gasteiger partial charge in [-0.2, -0.15) is 5.10 Å². The minimum atomic E-state index is -0.0127. The summed E-state index contributed by atoms with van der Waals surface area (Å²) in [4.78, 5) is 5.08. The first-order chi connectivity index (χ1) is 13.2. The number of nitrogens with zero attached hydrogens (tertiary/aromatic N) is 4. The summed E-state index contributed by atoms with van der Waals surface area (Å²) in [5, 5.41) is 4.98. The summed E-state index contributed by atoms with van der Waals surface area (Å²) >= 11 is 5.96.